The fourth-order valence-corrected chi connectivity index (χ4v) is 2.93. The number of nitrogens with one attached hydrogen (secondary N) is 1. The van der Waals surface area contributed by atoms with Crippen molar-refractivity contribution in [3.63, 3.8) is 0 Å². The van der Waals surface area contributed by atoms with E-state index in [1.807, 2.05) is 0 Å². The maximum absolute atomic E-state index is 3.65. The Labute approximate surface area is 107 Å². The Morgan fingerprint density at radius 1 is 1.31 bits per heavy atom. The summed E-state index contributed by atoms with van der Waals surface area (Å²) >= 11 is 3.61. The summed E-state index contributed by atoms with van der Waals surface area (Å²) in [5, 5.41) is 3.65. The average molecular weight is 282 g/mol. The van der Waals surface area contributed by atoms with Gasteiger partial charge in [-0.3, -0.25) is 0 Å². The zero-order chi connectivity index (χ0) is 11.5. The van der Waals surface area contributed by atoms with E-state index in [1.54, 1.807) is 0 Å². The van der Waals surface area contributed by atoms with Crippen LogP contribution in [-0.2, 0) is 0 Å². The molecule has 1 aliphatic rings. The third-order valence-electron chi connectivity index (χ3n) is 3.61. The van der Waals surface area contributed by atoms with Crippen molar-refractivity contribution in [1.29, 1.82) is 0 Å². The van der Waals surface area contributed by atoms with Crippen molar-refractivity contribution in [3.05, 3.63) is 28.2 Å². The third kappa shape index (κ3) is 2.79. The van der Waals surface area contributed by atoms with Gasteiger partial charge in [0.05, 0.1) is 0 Å². The van der Waals surface area contributed by atoms with Crippen LogP contribution in [0.4, 0.5) is 5.69 Å². The summed E-state index contributed by atoms with van der Waals surface area (Å²) in [7, 11) is 0. The Balaban J connectivity index is 2.04. The highest BCUT2D eigenvalue weighted by molar-refractivity contribution is 9.10. The van der Waals surface area contributed by atoms with E-state index in [0.717, 1.165) is 5.92 Å². The number of anilines is 1. The van der Waals surface area contributed by atoms with Crippen LogP contribution < -0.4 is 5.32 Å². The lowest BCUT2D eigenvalue weighted by Gasteiger charge is -2.22. The number of hydrogen-bond donors (Lipinski definition) is 1. The first kappa shape index (κ1) is 12.0. The van der Waals surface area contributed by atoms with Gasteiger partial charge in [0, 0.05) is 16.2 Å². The molecule has 0 aromatic heterocycles. The van der Waals surface area contributed by atoms with Crippen molar-refractivity contribution >= 4 is 21.6 Å². The minimum Gasteiger partial charge on any atom is -0.381 e. The summed E-state index contributed by atoms with van der Waals surface area (Å²) in [5.74, 6) is 0.854. The zero-order valence-electron chi connectivity index (χ0n) is 10.1. The lowest BCUT2D eigenvalue weighted by atomic mass is 9.99. The molecule has 88 valence electrons. The largest absolute Gasteiger partial charge is 0.381 e. The molecule has 0 spiro atoms. The van der Waals surface area contributed by atoms with Gasteiger partial charge in [-0.05, 0) is 66.2 Å². The fourth-order valence-electron chi connectivity index (χ4n) is 2.57. The second kappa shape index (κ2) is 5.22. The second-order valence-electron chi connectivity index (χ2n) is 4.96. The van der Waals surface area contributed by atoms with E-state index in [-0.39, 0.29) is 0 Å². The van der Waals surface area contributed by atoms with Crippen molar-refractivity contribution < 1.29 is 0 Å². The van der Waals surface area contributed by atoms with Gasteiger partial charge in [0.25, 0.3) is 0 Å². The SMILES string of the molecule is Cc1ccc(Br)c(NC(C)C2CCCC2)c1. The maximum Gasteiger partial charge on any atom is 0.0489 e. The van der Waals surface area contributed by atoms with Crippen molar-refractivity contribution in [2.24, 2.45) is 5.92 Å². The Morgan fingerprint density at radius 2 is 2.00 bits per heavy atom. The molecule has 0 saturated heterocycles. The topological polar surface area (TPSA) is 12.0 Å². The molecule has 1 atom stereocenters. The quantitative estimate of drug-likeness (QED) is 0.843. The van der Waals surface area contributed by atoms with E-state index in [1.165, 1.54) is 41.4 Å². The maximum atomic E-state index is 3.65. The van der Waals surface area contributed by atoms with E-state index in [4.69, 9.17) is 0 Å². The standard InChI is InChI=1S/C14H20BrN/c1-10-7-8-13(15)14(9-10)16-11(2)12-5-3-4-6-12/h7-9,11-12,16H,3-6H2,1-2H3. The predicted octanol–water partition coefficient (Wildman–Crippen LogP) is 4.75. The number of benzene rings is 1. The first-order chi connectivity index (χ1) is 7.66. The van der Waals surface area contributed by atoms with E-state index in [0.29, 0.717) is 6.04 Å². The molecule has 16 heavy (non-hydrogen) atoms. The van der Waals surface area contributed by atoms with Crippen LogP contribution in [0.25, 0.3) is 0 Å². The predicted molar refractivity (Wildman–Crippen MR) is 73.9 cm³/mol. The Hall–Kier alpha value is -0.500. The molecule has 0 amide bonds. The molecule has 1 N–H and O–H groups in total. The number of aryl methyl sites for hydroxylation is 1. The van der Waals surface area contributed by atoms with Gasteiger partial charge in [0.1, 0.15) is 0 Å². The van der Waals surface area contributed by atoms with Gasteiger partial charge < -0.3 is 5.32 Å². The van der Waals surface area contributed by atoms with Crippen LogP contribution in [0.15, 0.2) is 22.7 Å². The summed E-state index contributed by atoms with van der Waals surface area (Å²) in [6, 6.07) is 7.06. The van der Waals surface area contributed by atoms with Crippen molar-refractivity contribution in [2.45, 2.75) is 45.6 Å². The zero-order valence-corrected chi connectivity index (χ0v) is 11.7. The smallest absolute Gasteiger partial charge is 0.0489 e. The molecule has 0 aliphatic heterocycles. The lowest BCUT2D eigenvalue weighted by molar-refractivity contribution is 0.482. The number of hydrogen-bond acceptors (Lipinski definition) is 1. The summed E-state index contributed by atoms with van der Waals surface area (Å²) in [6.45, 7) is 4.45. The average Bonchev–Trinajstić information content (AvgIpc) is 2.76. The number of rotatable bonds is 3. The van der Waals surface area contributed by atoms with Gasteiger partial charge in [-0.2, -0.15) is 0 Å². The summed E-state index contributed by atoms with van der Waals surface area (Å²) in [4.78, 5) is 0. The van der Waals surface area contributed by atoms with Gasteiger partial charge in [-0.1, -0.05) is 18.9 Å². The Morgan fingerprint density at radius 3 is 2.69 bits per heavy atom. The van der Waals surface area contributed by atoms with E-state index in [2.05, 4.69) is 53.3 Å². The molecule has 2 heteroatoms. The molecule has 1 nitrogen and oxygen atoms in total. The van der Waals surface area contributed by atoms with Crippen LogP contribution in [0.3, 0.4) is 0 Å². The van der Waals surface area contributed by atoms with E-state index in [9.17, 15) is 0 Å². The van der Waals surface area contributed by atoms with Crippen LogP contribution in [0, 0.1) is 12.8 Å². The third-order valence-corrected chi connectivity index (χ3v) is 4.30. The molecule has 1 aliphatic carbocycles. The fraction of sp³-hybridized carbons (Fsp3) is 0.571. The lowest BCUT2D eigenvalue weighted by Crippen LogP contribution is -2.23. The Bertz CT molecular complexity index is 356. The molecule has 1 fully saturated rings. The molecular formula is C14H20BrN. The summed E-state index contributed by atoms with van der Waals surface area (Å²) < 4.78 is 1.17. The molecule has 1 unspecified atom stereocenters. The van der Waals surface area contributed by atoms with Gasteiger partial charge in [-0.25, -0.2) is 0 Å². The molecule has 1 aromatic rings. The first-order valence-corrected chi connectivity index (χ1v) is 6.99. The highest BCUT2D eigenvalue weighted by Crippen LogP contribution is 2.31. The van der Waals surface area contributed by atoms with Gasteiger partial charge >= 0.3 is 0 Å². The summed E-state index contributed by atoms with van der Waals surface area (Å²) in [6.07, 6.45) is 5.59. The van der Waals surface area contributed by atoms with Crippen LogP contribution in [-0.4, -0.2) is 6.04 Å². The van der Waals surface area contributed by atoms with Crippen LogP contribution >= 0.6 is 15.9 Å². The van der Waals surface area contributed by atoms with Crippen molar-refractivity contribution in [3.8, 4) is 0 Å². The normalized spacial score (nSPS) is 18.7. The minimum absolute atomic E-state index is 0.584. The van der Waals surface area contributed by atoms with Crippen molar-refractivity contribution in [1.82, 2.24) is 0 Å². The highest BCUT2D eigenvalue weighted by Gasteiger charge is 2.21. The first-order valence-electron chi connectivity index (χ1n) is 6.19. The van der Waals surface area contributed by atoms with Crippen molar-refractivity contribution in [2.75, 3.05) is 5.32 Å². The van der Waals surface area contributed by atoms with Crippen LogP contribution in [0.5, 0.6) is 0 Å². The van der Waals surface area contributed by atoms with Gasteiger partial charge in [0.2, 0.25) is 0 Å². The van der Waals surface area contributed by atoms with Gasteiger partial charge in [0.15, 0.2) is 0 Å². The molecule has 0 heterocycles. The Kier molecular flexibility index (Phi) is 3.91. The number of halogens is 1. The minimum atomic E-state index is 0.584. The molecular weight excluding hydrogens is 262 g/mol. The highest BCUT2D eigenvalue weighted by atomic mass is 79.9. The van der Waals surface area contributed by atoms with Crippen LogP contribution in [0.1, 0.15) is 38.2 Å². The monoisotopic (exact) mass is 281 g/mol. The molecule has 1 aromatic carbocycles. The second-order valence-corrected chi connectivity index (χ2v) is 5.82. The van der Waals surface area contributed by atoms with Gasteiger partial charge in [-0.15, -0.1) is 0 Å². The molecule has 0 radical (unpaired) electrons. The van der Waals surface area contributed by atoms with E-state index < -0.39 is 0 Å². The molecule has 2 rings (SSSR count). The summed E-state index contributed by atoms with van der Waals surface area (Å²) in [5.41, 5.74) is 2.55. The molecule has 1 saturated carbocycles. The van der Waals surface area contributed by atoms with Crippen LogP contribution in [0.2, 0.25) is 0 Å². The van der Waals surface area contributed by atoms with E-state index >= 15 is 0 Å². The molecule has 0 bridgehead atoms.